The van der Waals surface area contributed by atoms with Gasteiger partial charge >= 0.3 is 0 Å². The van der Waals surface area contributed by atoms with Crippen LogP contribution in [0.2, 0.25) is 0 Å². The van der Waals surface area contributed by atoms with E-state index in [1.54, 1.807) is 0 Å². The summed E-state index contributed by atoms with van der Waals surface area (Å²) >= 11 is 0. The molecule has 0 radical (unpaired) electrons. The third kappa shape index (κ3) is 13.6. The van der Waals surface area contributed by atoms with Gasteiger partial charge in [-0.25, -0.2) is 0 Å². The second-order valence-corrected chi connectivity index (χ2v) is 35.0. The standard InChI is InChI=1S/2C49H32.C31H22/c1-31-11-10-12-32(25-31)35-26-36(33-21-23-46-42-17-4-2-13-38(42)40-15-6-8-19-44(40)48(46)29-33)28-37(27-35)34-22-24-47-43-18-5-3-14-39(43)41-16-7-9-20-45(41)49(47)30-34;1-31-18-20-32(21-19-31)35-26-36(33-22-24-46-42-14-4-2-10-38(42)40-12-6-8-16-44(40)48(46)29-33)28-37(27-35)34-23-25-47-43-15-5-3-11-39(43)41-13-7-9-17-45(41)49(47)30-34;1-21-13-15-22(16-14-21)23-7-6-8-24(19-23)25-17-18-30-28-11-3-2-9-26(28)27-10-4-5-12-29(27)31(30)20-25/h2*2-30H,1H3;2-20H,1H3. The van der Waals surface area contributed by atoms with Crippen molar-refractivity contribution in [1.82, 2.24) is 0 Å². The van der Waals surface area contributed by atoms with Gasteiger partial charge in [-0.15, -0.1) is 0 Å². The number of rotatable bonds is 8. The van der Waals surface area contributed by atoms with Crippen molar-refractivity contribution in [3.8, 4) is 89.0 Å². The van der Waals surface area contributed by atoms with Gasteiger partial charge < -0.3 is 0 Å². The maximum absolute atomic E-state index is 2.41. The Bertz CT molecular complexity index is 8550. The van der Waals surface area contributed by atoms with Crippen LogP contribution in [-0.2, 0) is 0 Å². The third-order valence-electron chi connectivity index (χ3n) is 27.2. The molecule has 0 aliphatic carbocycles. The minimum Gasteiger partial charge on any atom is -0.0616 e. The Morgan fingerprint density at radius 1 is 0.0775 bits per heavy atom. The lowest BCUT2D eigenvalue weighted by Gasteiger charge is -2.15. The van der Waals surface area contributed by atoms with Crippen LogP contribution in [0, 0.1) is 20.8 Å². The van der Waals surface area contributed by atoms with E-state index in [-0.39, 0.29) is 0 Å². The van der Waals surface area contributed by atoms with Crippen LogP contribution in [0.5, 0.6) is 0 Å². The Labute approximate surface area is 749 Å². The summed E-state index contributed by atoms with van der Waals surface area (Å²) in [6.07, 6.45) is 0. The molecule has 0 unspecified atom stereocenters. The molecule has 0 bridgehead atoms. The summed E-state index contributed by atoms with van der Waals surface area (Å²) in [4.78, 5) is 0. The molecular formula is C129H86. The number of hydrogen-bond donors (Lipinski definition) is 0. The number of hydrogen-bond acceptors (Lipinski definition) is 0. The summed E-state index contributed by atoms with van der Waals surface area (Å²) in [5, 5.41) is 39.0. The average molecular weight is 1640 g/mol. The van der Waals surface area contributed by atoms with Crippen LogP contribution in [0.25, 0.3) is 251 Å². The fraction of sp³-hybridized carbons (Fsp3) is 0.0233. The lowest BCUT2D eigenvalue weighted by molar-refractivity contribution is 1.47. The van der Waals surface area contributed by atoms with Crippen LogP contribution in [0.1, 0.15) is 16.7 Å². The Morgan fingerprint density at radius 3 is 0.434 bits per heavy atom. The number of aryl methyl sites for hydroxylation is 3. The van der Waals surface area contributed by atoms with Crippen molar-refractivity contribution < 1.29 is 0 Å². The number of fused-ring (bicyclic) bond motifs is 30. The fourth-order valence-electron chi connectivity index (χ4n) is 20.9. The van der Waals surface area contributed by atoms with Gasteiger partial charge in [-0.3, -0.25) is 0 Å². The molecule has 0 spiro atoms. The topological polar surface area (TPSA) is 0 Å². The van der Waals surface area contributed by atoms with Gasteiger partial charge in [-0.05, 0) is 344 Å². The SMILES string of the molecule is Cc1ccc(-c2cc(-c3ccc4c5ccccc5c5ccccc5c4c3)cc(-c3ccc4c5ccccc5c5ccccc5c4c3)c2)cc1.Cc1ccc(-c2cccc(-c3ccc4c5ccccc5c5ccccc5c4c3)c2)cc1.Cc1cccc(-c2cc(-c3ccc4c5ccccc5c5ccccc5c4c3)cc(-c3ccc4c5ccccc5c5ccccc5c4c3)c2)c1. The number of benzene rings is 26. The fourth-order valence-corrected chi connectivity index (χ4v) is 20.9. The van der Waals surface area contributed by atoms with Gasteiger partial charge in [0.25, 0.3) is 0 Å². The second kappa shape index (κ2) is 31.7. The van der Waals surface area contributed by atoms with E-state index < -0.39 is 0 Å². The predicted octanol–water partition coefficient (Wildman–Crippen LogP) is 36.6. The van der Waals surface area contributed by atoms with Crippen molar-refractivity contribution >= 4 is 162 Å². The molecule has 602 valence electrons. The highest BCUT2D eigenvalue weighted by molar-refractivity contribution is 6.31. The molecule has 0 heteroatoms. The van der Waals surface area contributed by atoms with Crippen molar-refractivity contribution in [1.29, 1.82) is 0 Å². The normalized spacial score (nSPS) is 11.7. The lowest BCUT2D eigenvalue weighted by atomic mass is 9.88. The van der Waals surface area contributed by atoms with Crippen LogP contribution in [-0.4, -0.2) is 0 Å². The van der Waals surface area contributed by atoms with E-state index >= 15 is 0 Å². The molecule has 0 aliphatic heterocycles. The minimum absolute atomic E-state index is 1.22. The van der Waals surface area contributed by atoms with E-state index in [2.05, 4.69) is 488 Å². The molecular weight excluding hydrogens is 1550 g/mol. The van der Waals surface area contributed by atoms with E-state index in [9.17, 15) is 0 Å². The van der Waals surface area contributed by atoms with Gasteiger partial charge in [0.15, 0.2) is 0 Å². The summed E-state index contributed by atoms with van der Waals surface area (Å²) in [5.74, 6) is 0. The first-order valence-corrected chi connectivity index (χ1v) is 45.0. The highest BCUT2D eigenvalue weighted by Gasteiger charge is 2.20. The Balaban J connectivity index is 0.000000110. The zero-order valence-electron chi connectivity index (χ0n) is 72.0. The van der Waals surface area contributed by atoms with Gasteiger partial charge in [0.1, 0.15) is 0 Å². The highest BCUT2D eigenvalue weighted by atomic mass is 14.2. The van der Waals surface area contributed by atoms with E-state index in [1.165, 1.54) is 267 Å². The molecule has 0 nitrogen and oxygen atoms in total. The van der Waals surface area contributed by atoms with Crippen LogP contribution < -0.4 is 0 Å². The zero-order chi connectivity index (χ0) is 85.7. The molecule has 0 saturated heterocycles. The van der Waals surface area contributed by atoms with Crippen LogP contribution >= 0.6 is 0 Å². The van der Waals surface area contributed by atoms with Crippen molar-refractivity contribution in [2.45, 2.75) is 20.8 Å². The predicted molar refractivity (Wildman–Crippen MR) is 560 cm³/mol. The largest absolute Gasteiger partial charge is 0.0616 e. The molecule has 26 aromatic rings. The molecule has 0 heterocycles. The molecule has 0 saturated carbocycles. The summed E-state index contributed by atoms with van der Waals surface area (Å²) in [6, 6.07) is 173. The van der Waals surface area contributed by atoms with Gasteiger partial charge in [-0.2, -0.15) is 0 Å². The molecule has 26 rings (SSSR count). The smallest absolute Gasteiger partial charge is 0.00928 e. The first-order valence-electron chi connectivity index (χ1n) is 45.0. The van der Waals surface area contributed by atoms with E-state index in [4.69, 9.17) is 0 Å². The zero-order valence-corrected chi connectivity index (χ0v) is 72.0. The maximum atomic E-state index is 2.41. The second-order valence-electron chi connectivity index (χ2n) is 35.0. The van der Waals surface area contributed by atoms with E-state index in [0.717, 1.165) is 0 Å². The monoisotopic (exact) mass is 1630 g/mol. The molecule has 0 aromatic heterocycles. The first kappa shape index (κ1) is 76.3. The van der Waals surface area contributed by atoms with Crippen LogP contribution in [0.15, 0.2) is 467 Å². The average Bonchev–Trinajstić information content (AvgIpc) is 0.762. The molecule has 0 aliphatic rings. The van der Waals surface area contributed by atoms with Gasteiger partial charge in [0.2, 0.25) is 0 Å². The quantitative estimate of drug-likeness (QED) is 0.133. The van der Waals surface area contributed by atoms with E-state index in [0.29, 0.717) is 0 Å². The van der Waals surface area contributed by atoms with Crippen molar-refractivity contribution in [3.05, 3.63) is 484 Å². The van der Waals surface area contributed by atoms with Gasteiger partial charge in [-0.1, -0.05) is 411 Å². The van der Waals surface area contributed by atoms with Crippen LogP contribution in [0.4, 0.5) is 0 Å². The van der Waals surface area contributed by atoms with Gasteiger partial charge in [0.05, 0.1) is 0 Å². The van der Waals surface area contributed by atoms with E-state index in [1.807, 2.05) is 0 Å². The minimum atomic E-state index is 1.22. The Kier molecular flexibility index (Phi) is 18.7. The molecule has 0 fully saturated rings. The highest BCUT2D eigenvalue weighted by Crippen LogP contribution is 2.47. The van der Waals surface area contributed by atoms with Crippen molar-refractivity contribution in [2.75, 3.05) is 0 Å². The Morgan fingerprint density at radius 2 is 0.217 bits per heavy atom. The molecule has 26 aromatic carbocycles. The molecule has 0 amide bonds. The van der Waals surface area contributed by atoms with Crippen molar-refractivity contribution in [3.63, 3.8) is 0 Å². The summed E-state index contributed by atoms with van der Waals surface area (Å²) in [5.41, 5.74) is 23.5. The lowest BCUT2D eigenvalue weighted by Crippen LogP contribution is -1.89. The van der Waals surface area contributed by atoms with Crippen LogP contribution in [0.3, 0.4) is 0 Å². The van der Waals surface area contributed by atoms with Gasteiger partial charge in [0, 0.05) is 0 Å². The molecule has 129 heavy (non-hydrogen) atoms. The summed E-state index contributed by atoms with van der Waals surface area (Å²) in [7, 11) is 0. The first-order chi connectivity index (χ1) is 63.7. The third-order valence-corrected chi connectivity index (χ3v) is 27.2. The summed E-state index contributed by atoms with van der Waals surface area (Å²) < 4.78 is 0. The van der Waals surface area contributed by atoms with Crippen molar-refractivity contribution in [2.24, 2.45) is 0 Å². The Hall–Kier alpha value is -16.4. The molecule has 0 atom stereocenters. The summed E-state index contributed by atoms with van der Waals surface area (Å²) in [6.45, 7) is 6.45. The maximum Gasteiger partial charge on any atom is -0.00928 e. The molecule has 0 N–H and O–H groups in total.